The Morgan fingerprint density at radius 2 is 1.96 bits per heavy atom. The average Bonchev–Trinajstić information content (AvgIpc) is 3.09. The minimum absolute atomic E-state index is 0.230. The van der Waals surface area contributed by atoms with Crippen molar-refractivity contribution in [2.24, 2.45) is 0 Å². The summed E-state index contributed by atoms with van der Waals surface area (Å²) in [5, 5.41) is 2.58. The number of nitrogens with zero attached hydrogens (tertiary/aromatic N) is 2. The summed E-state index contributed by atoms with van der Waals surface area (Å²) in [6.07, 6.45) is 0.792. The molecule has 2 aromatic carbocycles. The van der Waals surface area contributed by atoms with Crippen molar-refractivity contribution in [2.45, 2.75) is 20.3 Å². The summed E-state index contributed by atoms with van der Waals surface area (Å²) in [6, 6.07) is 13.9. The largest absolute Gasteiger partial charge is 0.284 e. The number of hydrogen-bond acceptors (Lipinski definition) is 3. The van der Waals surface area contributed by atoms with Crippen molar-refractivity contribution in [1.29, 1.82) is 0 Å². The van der Waals surface area contributed by atoms with Gasteiger partial charge in [-0.1, -0.05) is 42.8 Å². The van der Waals surface area contributed by atoms with E-state index in [0.717, 1.165) is 17.7 Å². The van der Waals surface area contributed by atoms with E-state index >= 15 is 0 Å². The third kappa shape index (κ3) is 3.94. The Kier molecular flexibility index (Phi) is 5.24. The third-order valence-corrected chi connectivity index (χ3v) is 4.70. The molecule has 1 aromatic heterocycles. The molecule has 0 saturated carbocycles. The highest BCUT2D eigenvalue weighted by molar-refractivity contribution is 7.14. The second-order valence-corrected chi connectivity index (χ2v) is 6.69. The third-order valence-electron chi connectivity index (χ3n) is 3.83. The van der Waals surface area contributed by atoms with Crippen LogP contribution in [0.25, 0.3) is 11.3 Å². The monoisotopic (exact) mass is 354 g/mol. The van der Waals surface area contributed by atoms with Gasteiger partial charge in [-0.15, -0.1) is 11.3 Å². The lowest BCUT2D eigenvalue weighted by molar-refractivity contribution is 0.0986. The van der Waals surface area contributed by atoms with Crippen molar-refractivity contribution in [3.8, 4) is 11.3 Å². The topological polar surface area (TPSA) is 33.2 Å². The van der Waals surface area contributed by atoms with Gasteiger partial charge in [-0.3, -0.25) is 9.69 Å². The highest BCUT2D eigenvalue weighted by Gasteiger charge is 2.20. The van der Waals surface area contributed by atoms with Gasteiger partial charge in [0.05, 0.1) is 5.69 Å². The number of anilines is 1. The van der Waals surface area contributed by atoms with Crippen molar-refractivity contribution < 1.29 is 9.18 Å². The van der Waals surface area contributed by atoms with Crippen LogP contribution in [0, 0.1) is 12.7 Å². The maximum Gasteiger partial charge on any atom is 0.260 e. The van der Waals surface area contributed by atoms with Gasteiger partial charge in [-0.25, -0.2) is 9.37 Å². The molecule has 0 unspecified atom stereocenters. The Hall–Kier alpha value is -2.53. The quantitative estimate of drug-likeness (QED) is 0.622. The summed E-state index contributed by atoms with van der Waals surface area (Å²) in [6.45, 7) is 4.58. The molecule has 0 spiro atoms. The second-order valence-electron chi connectivity index (χ2n) is 5.85. The smallest absolute Gasteiger partial charge is 0.260 e. The van der Waals surface area contributed by atoms with E-state index < -0.39 is 5.82 Å². The van der Waals surface area contributed by atoms with Gasteiger partial charge in [-0.05, 0) is 31.5 Å². The second kappa shape index (κ2) is 7.57. The van der Waals surface area contributed by atoms with Gasteiger partial charge in [0.25, 0.3) is 5.91 Å². The molecule has 0 atom stereocenters. The van der Waals surface area contributed by atoms with Gasteiger partial charge in [0.15, 0.2) is 5.13 Å². The Bertz CT molecular complexity index is 873. The molecule has 3 aromatic rings. The number of hydrogen-bond donors (Lipinski definition) is 0. The SMILES string of the molecule is CCCN(C(=O)c1cccc(F)c1)c1nc(-c2ccc(C)cc2)cs1. The predicted octanol–water partition coefficient (Wildman–Crippen LogP) is 5.31. The van der Waals surface area contributed by atoms with Crippen LogP contribution >= 0.6 is 11.3 Å². The van der Waals surface area contributed by atoms with Gasteiger partial charge >= 0.3 is 0 Å². The van der Waals surface area contributed by atoms with Crippen LogP contribution in [-0.4, -0.2) is 17.4 Å². The van der Waals surface area contributed by atoms with Crippen LogP contribution < -0.4 is 4.90 Å². The molecule has 0 N–H and O–H groups in total. The fourth-order valence-electron chi connectivity index (χ4n) is 2.53. The van der Waals surface area contributed by atoms with Gasteiger partial charge in [0.2, 0.25) is 0 Å². The Labute approximate surface area is 150 Å². The van der Waals surface area contributed by atoms with E-state index in [9.17, 15) is 9.18 Å². The number of aryl methyl sites for hydroxylation is 1. The number of amides is 1. The first-order valence-electron chi connectivity index (χ1n) is 8.18. The Morgan fingerprint density at radius 3 is 2.64 bits per heavy atom. The summed E-state index contributed by atoms with van der Waals surface area (Å²) in [5.41, 5.74) is 3.38. The van der Waals surface area contributed by atoms with Crippen molar-refractivity contribution in [1.82, 2.24) is 4.98 Å². The first kappa shape index (κ1) is 17.3. The lowest BCUT2D eigenvalue weighted by Gasteiger charge is -2.19. The van der Waals surface area contributed by atoms with Crippen LogP contribution in [0.15, 0.2) is 53.9 Å². The standard InChI is InChI=1S/C20H19FN2OS/c1-3-11-23(19(24)16-5-4-6-17(21)12-16)20-22-18(13-25-20)15-9-7-14(2)8-10-15/h4-10,12-13H,3,11H2,1-2H3. The predicted molar refractivity (Wildman–Crippen MR) is 101 cm³/mol. The summed E-state index contributed by atoms with van der Waals surface area (Å²) < 4.78 is 13.5. The van der Waals surface area contributed by atoms with E-state index in [0.29, 0.717) is 17.2 Å². The Balaban J connectivity index is 1.91. The van der Waals surface area contributed by atoms with Crippen LogP contribution in [0.4, 0.5) is 9.52 Å². The number of halogens is 1. The highest BCUT2D eigenvalue weighted by Crippen LogP contribution is 2.29. The molecule has 0 fully saturated rings. The van der Waals surface area contributed by atoms with Gasteiger partial charge < -0.3 is 0 Å². The minimum Gasteiger partial charge on any atom is -0.284 e. The van der Waals surface area contributed by atoms with Crippen molar-refractivity contribution in [3.63, 3.8) is 0 Å². The van der Waals surface area contributed by atoms with Crippen LogP contribution in [0.5, 0.6) is 0 Å². The zero-order chi connectivity index (χ0) is 17.8. The van der Waals surface area contributed by atoms with Gasteiger partial charge in [0, 0.05) is 23.1 Å². The van der Waals surface area contributed by atoms with Crippen LogP contribution in [0.2, 0.25) is 0 Å². The zero-order valence-corrected chi connectivity index (χ0v) is 15.0. The molecular weight excluding hydrogens is 335 g/mol. The molecular formula is C20H19FN2OS. The molecule has 0 saturated heterocycles. The van der Waals surface area contributed by atoms with E-state index in [1.807, 2.05) is 43.5 Å². The van der Waals surface area contributed by atoms with Crippen molar-refractivity contribution >= 4 is 22.4 Å². The molecule has 25 heavy (non-hydrogen) atoms. The number of benzene rings is 2. The number of aromatic nitrogens is 1. The molecule has 1 heterocycles. The molecule has 1 amide bonds. The number of thiazole rings is 1. The fraction of sp³-hybridized carbons (Fsp3) is 0.200. The maximum atomic E-state index is 13.5. The lowest BCUT2D eigenvalue weighted by atomic mass is 10.1. The minimum atomic E-state index is -0.415. The van der Waals surface area contributed by atoms with Crippen molar-refractivity contribution in [3.05, 3.63) is 70.9 Å². The molecule has 0 radical (unpaired) electrons. The molecule has 3 rings (SSSR count). The first-order chi connectivity index (χ1) is 12.1. The van der Waals surface area contributed by atoms with E-state index in [4.69, 9.17) is 0 Å². The summed E-state index contributed by atoms with van der Waals surface area (Å²) in [5.74, 6) is -0.645. The molecule has 0 aliphatic heterocycles. The number of rotatable bonds is 5. The number of carbonyl (C=O) groups excluding carboxylic acids is 1. The molecule has 3 nitrogen and oxygen atoms in total. The van der Waals surface area contributed by atoms with Crippen LogP contribution in [0.3, 0.4) is 0 Å². The van der Waals surface area contributed by atoms with E-state index in [1.165, 1.54) is 29.0 Å². The van der Waals surface area contributed by atoms with Gasteiger partial charge in [-0.2, -0.15) is 0 Å². The van der Waals surface area contributed by atoms with Crippen LogP contribution in [-0.2, 0) is 0 Å². The molecule has 5 heteroatoms. The molecule has 0 aliphatic carbocycles. The summed E-state index contributed by atoms with van der Waals surface area (Å²) in [4.78, 5) is 19.1. The maximum absolute atomic E-state index is 13.5. The lowest BCUT2D eigenvalue weighted by Crippen LogP contribution is -2.31. The fourth-order valence-corrected chi connectivity index (χ4v) is 3.39. The molecule has 0 bridgehead atoms. The average molecular weight is 354 g/mol. The first-order valence-corrected chi connectivity index (χ1v) is 9.06. The van der Waals surface area contributed by atoms with Crippen molar-refractivity contribution in [2.75, 3.05) is 11.4 Å². The Morgan fingerprint density at radius 1 is 1.20 bits per heavy atom. The number of carbonyl (C=O) groups is 1. The van der Waals surface area contributed by atoms with E-state index in [-0.39, 0.29) is 5.91 Å². The van der Waals surface area contributed by atoms with Gasteiger partial charge in [0.1, 0.15) is 5.82 Å². The zero-order valence-electron chi connectivity index (χ0n) is 14.2. The normalized spacial score (nSPS) is 10.7. The molecule has 128 valence electrons. The van der Waals surface area contributed by atoms with E-state index in [2.05, 4.69) is 4.98 Å². The highest BCUT2D eigenvalue weighted by atomic mass is 32.1. The summed E-state index contributed by atoms with van der Waals surface area (Å²) in [7, 11) is 0. The van der Waals surface area contributed by atoms with E-state index in [1.54, 1.807) is 17.0 Å². The van der Waals surface area contributed by atoms with Crippen LogP contribution in [0.1, 0.15) is 29.3 Å². The molecule has 0 aliphatic rings. The summed E-state index contributed by atoms with van der Waals surface area (Å²) >= 11 is 1.42.